The number of carbonyl (C=O) groups is 1. The van der Waals surface area contributed by atoms with Crippen LogP contribution in [-0.4, -0.2) is 25.0 Å². The van der Waals surface area contributed by atoms with Gasteiger partial charge in [-0.3, -0.25) is 4.79 Å². The fraction of sp³-hybridized carbons (Fsp3) is 0.923. The van der Waals surface area contributed by atoms with E-state index in [1.54, 1.807) is 0 Å². The minimum atomic E-state index is 0.290. The van der Waals surface area contributed by atoms with Crippen molar-refractivity contribution < 1.29 is 4.79 Å². The fourth-order valence-electron chi connectivity index (χ4n) is 2.82. The second-order valence-corrected chi connectivity index (χ2v) is 5.51. The van der Waals surface area contributed by atoms with Crippen molar-refractivity contribution in [3.63, 3.8) is 0 Å². The third-order valence-corrected chi connectivity index (χ3v) is 4.03. The van der Waals surface area contributed by atoms with Gasteiger partial charge in [-0.25, -0.2) is 0 Å². The Morgan fingerprint density at radius 1 is 1.19 bits per heavy atom. The summed E-state index contributed by atoms with van der Waals surface area (Å²) in [6, 6.07) is 0.376. The molecule has 1 atom stereocenters. The van der Waals surface area contributed by atoms with E-state index in [2.05, 4.69) is 17.6 Å². The van der Waals surface area contributed by atoms with E-state index in [0.717, 1.165) is 38.3 Å². The molecule has 0 aromatic rings. The molecule has 1 saturated heterocycles. The molecule has 2 fully saturated rings. The van der Waals surface area contributed by atoms with Gasteiger partial charge >= 0.3 is 0 Å². The molecule has 0 radical (unpaired) electrons. The Hall–Kier alpha value is -0.570. The van der Waals surface area contributed by atoms with Crippen LogP contribution in [0.3, 0.4) is 0 Å². The zero-order chi connectivity index (χ0) is 11.4. The van der Waals surface area contributed by atoms with E-state index in [4.69, 9.17) is 0 Å². The van der Waals surface area contributed by atoms with Crippen molar-refractivity contribution in [1.82, 2.24) is 10.6 Å². The fourth-order valence-corrected chi connectivity index (χ4v) is 2.82. The van der Waals surface area contributed by atoms with Gasteiger partial charge in [0.15, 0.2) is 0 Å². The van der Waals surface area contributed by atoms with Crippen molar-refractivity contribution in [2.45, 2.75) is 51.5 Å². The van der Waals surface area contributed by atoms with E-state index in [9.17, 15) is 4.79 Å². The van der Waals surface area contributed by atoms with Gasteiger partial charge < -0.3 is 10.6 Å². The van der Waals surface area contributed by atoms with Crippen LogP contribution >= 0.6 is 0 Å². The quantitative estimate of drug-likeness (QED) is 0.749. The molecule has 92 valence electrons. The first-order valence-electron chi connectivity index (χ1n) is 6.77. The summed E-state index contributed by atoms with van der Waals surface area (Å²) in [4.78, 5) is 12.0. The Morgan fingerprint density at radius 2 is 1.94 bits per heavy atom. The number of nitrogens with one attached hydrogen (secondary N) is 2. The van der Waals surface area contributed by atoms with Crippen LogP contribution in [0.25, 0.3) is 0 Å². The van der Waals surface area contributed by atoms with Gasteiger partial charge in [0.1, 0.15) is 0 Å². The summed E-state index contributed by atoms with van der Waals surface area (Å²) in [6.45, 7) is 4.35. The summed E-state index contributed by atoms with van der Waals surface area (Å²) in [7, 11) is 0. The first-order chi connectivity index (χ1) is 7.75. The highest BCUT2D eigenvalue weighted by Crippen LogP contribution is 2.28. The number of amides is 1. The average Bonchev–Trinajstić information content (AvgIpc) is 2.31. The summed E-state index contributed by atoms with van der Waals surface area (Å²) >= 11 is 0. The topological polar surface area (TPSA) is 41.1 Å². The molecule has 2 rings (SSSR count). The molecule has 2 aliphatic rings. The molecule has 1 saturated carbocycles. The van der Waals surface area contributed by atoms with Gasteiger partial charge in [-0.2, -0.15) is 0 Å². The van der Waals surface area contributed by atoms with Gasteiger partial charge in [0.25, 0.3) is 0 Å². The number of hydrogen-bond donors (Lipinski definition) is 2. The molecular formula is C13H24N2O. The second kappa shape index (κ2) is 5.67. The van der Waals surface area contributed by atoms with Gasteiger partial charge in [-0.1, -0.05) is 6.92 Å². The molecule has 0 aromatic heterocycles. The van der Waals surface area contributed by atoms with Crippen LogP contribution in [0.4, 0.5) is 0 Å². The molecule has 3 heteroatoms. The molecule has 0 aromatic carbocycles. The molecule has 3 nitrogen and oxygen atoms in total. The summed E-state index contributed by atoms with van der Waals surface area (Å²) < 4.78 is 0. The van der Waals surface area contributed by atoms with Gasteiger partial charge in [-0.05, 0) is 51.0 Å². The number of carbonyl (C=O) groups excluding carboxylic acids is 1. The van der Waals surface area contributed by atoms with E-state index in [0.29, 0.717) is 11.9 Å². The van der Waals surface area contributed by atoms with Crippen LogP contribution < -0.4 is 10.6 Å². The zero-order valence-electron chi connectivity index (χ0n) is 10.3. The van der Waals surface area contributed by atoms with Crippen molar-refractivity contribution in [3.05, 3.63) is 0 Å². The number of hydrogen-bond acceptors (Lipinski definition) is 2. The maximum absolute atomic E-state index is 12.0. The predicted octanol–water partition coefficient (Wildman–Crippen LogP) is 1.68. The molecule has 1 amide bonds. The van der Waals surface area contributed by atoms with Crippen LogP contribution in [0, 0.1) is 11.8 Å². The molecule has 1 aliphatic carbocycles. The first-order valence-corrected chi connectivity index (χ1v) is 6.77. The van der Waals surface area contributed by atoms with E-state index in [1.165, 1.54) is 19.3 Å². The lowest BCUT2D eigenvalue weighted by Gasteiger charge is -2.29. The van der Waals surface area contributed by atoms with E-state index in [-0.39, 0.29) is 5.92 Å². The van der Waals surface area contributed by atoms with Crippen LogP contribution in [-0.2, 0) is 4.79 Å². The van der Waals surface area contributed by atoms with Crippen molar-refractivity contribution in [2.24, 2.45) is 11.8 Å². The van der Waals surface area contributed by atoms with Crippen molar-refractivity contribution >= 4 is 5.91 Å². The van der Waals surface area contributed by atoms with Gasteiger partial charge in [-0.15, -0.1) is 0 Å². The molecule has 0 spiro atoms. The van der Waals surface area contributed by atoms with Gasteiger partial charge in [0.05, 0.1) is 0 Å². The van der Waals surface area contributed by atoms with Crippen LogP contribution in [0.5, 0.6) is 0 Å². The molecule has 1 unspecified atom stereocenters. The van der Waals surface area contributed by atoms with Crippen molar-refractivity contribution in [1.29, 1.82) is 0 Å². The normalized spacial score (nSPS) is 35.7. The van der Waals surface area contributed by atoms with Gasteiger partial charge in [0.2, 0.25) is 5.91 Å². The zero-order valence-corrected chi connectivity index (χ0v) is 10.3. The smallest absolute Gasteiger partial charge is 0.223 e. The molecular weight excluding hydrogens is 200 g/mol. The predicted molar refractivity (Wildman–Crippen MR) is 65.2 cm³/mol. The lowest BCUT2D eigenvalue weighted by Crippen LogP contribution is -2.47. The monoisotopic (exact) mass is 224 g/mol. The molecule has 0 bridgehead atoms. The Kier molecular flexibility index (Phi) is 4.22. The lowest BCUT2D eigenvalue weighted by molar-refractivity contribution is -0.127. The third kappa shape index (κ3) is 3.21. The minimum Gasteiger partial charge on any atom is -0.352 e. The third-order valence-electron chi connectivity index (χ3n) is 4.03. The minimum absolute atomic E-state index is 0.290. The van der Waals surface area contributed by atoms with E-state index >= 15 is 0 Å². The Labute approximate surface area is 98.4 Å². The lowest BCUT2D eigenvalue weighted by atomic mass is 9.82. The highest BCUT2D eigenvalue weighted by Gasteiger charge is 2.26. The maximum atomic E-state index is 12.0. The standard InChI is InChI=1S/C13H24N2O/c1-10-4-6-11(7-5-10)13(16)15-12-3-2-8-14-9-12/h10-12,14H,2-9H2,1H3,(H,15,16). The Balaban J connectivity index is 1.74. The highest BCUT2D eigenvalue weighted by molar-refractivity contribution is 5.79. The van der Waals surface area contributed by atoms with Crippen LogP contribution in [0.15, 0.2) is 0 Å². The number of rotatable bonds is 2. The van der Waals surface area contributed by atoms with Crippen LogP contribution in [0.2, 0.25) is 0 Å². The van der Waals surface area contributed by atoms with Crippen molar-refractivity contribution in [2.75, 3.05) is 13.1 Å². The Morgan fingerprint density at radius 3 is 2.56 bits per heavy atom. The molecule has 1 aliphatic heterocycles. The van der Waals surface area contributed by atoms with Gasteiger partial charge in [0, 0.05) is 18.5 Å². The highest BCUT2D eigenvalue weighted by atomic mass is 16.1. The SMILES string of the molecule is CC1CCC(C(=O)NC2CCCNC2)CC1. The Bertz CT molecular complexity index is 228. The average molecular weight is 224 g/mol. The maximum Gasteiger partial charge on any atom is 0.223 e. The summed E-state index contributed by atoms with van der Waals surface area (Å²) in [5.41, 5.74) is 0. The van der Waals surface area contributed by atoms with Crippen LogP contribution in [0.1, 0.15) is 45.4 Å². The molecule has 2 N–H and O–H groups in total. The molecule has 16 heavy (non-hydrogen) atoms. The van der Waals surface area contributed by atoms with E-state index < -0.39 is 0 Å². The summed E-state index contributed by atoms with van der Waals surface area (Å²) in [6.07, 6.45) is 6.96. The first kappa shape index (κ1) is 11.9. The summed E-state index contributed by atoms with van der Waals surface area (Å²) in [5, 5.41) is 6.54. The second-order valence-electron chi connectivity index (χ2n) is 5.51. The van der Waals surface area contributed by atoms with E-state index in [1.807, 2.05) is 0 Å². The largest absolute Gasteiger partial charge is 0.352 e. The number of piperidine rings is 1. The summed E-state index contributed by atoms with van der Waals surface area (Å²) in [5.74, 6) is 1.42. The molecule has 1 heterocycles. The van der Waals surface area contributed by atoms with Crippen molar-refractivity contribution in [3.8, 4) is 0 Å².